The molecule has 1 aliphatic carbocycles. The lowest BCUT2D eigenvalue weighted by atomic mass is 9.95. The predicted octanol–water partition coefficient (Wildman–Crippen LogP) is 5.55. The van der Waals surface area contributed by atoms with E-state index in [0.717, 1.165) is 36.8 Å². The number of halogens is 2. The summed E-state index contributed by atoms with van der Waals surface area (Å²) in [6.07, 6.45) is 5.40. The van der Waals surface area contributed by atoms with Crippen LogP contribution in [0.15, 0.2) is 42.5 Å². The molecule has 1 atom stereocenters. The van der Waals surface area contributed by atoms with Crippen molar-refractivity contribution in [3.63, 3.8) is 0 Å². The number of benzene rings is 2. The van der Waals surface area contributed by atoms with Crippen molar-refractivity contribution in [1.29, 1.82) is 0 Å². The third kappa shape index (κ3) is 6.88. The highest BCUT2D eigenvalue weighted by atomic mass is 35.5. The normalized spacial score (nSPS) is 15.1. The molecule has 0 spiro atoms. The van der Waals surface area contributed by atoms with Gasteiger partial charge in [-0.15, -0.1) is 0 Å². The molecule has 0 heterocycles. The van der Waals surface area contributed by atoms with Gasteiger partial charge >= 0.3 is 0 Å². The van der Waals surface area contributed by atoms with Gasteiger partial charge in [-0.2, -0.15) is 0 Å². The van der Waals surface area contributed by atoms with Crippen molar-refractivity contribution in [3.8, 4) is 5.75 Å². The maximum atomic E-state index is 13.2. The Balaban J connectivity index is 1.73. The SMILES string of the molecule is Cc1ccc(OCC(=O)N(Cc2ccc(Cl)cc2Cl)[C@@H](C)C(=O)NC2CCCCC2)cc1. The first-order chi connectivity index (χ1) is 15.3. The van der Waals surface area contributed by atoms with Crippen LogP contribution in [-0.2, 0) is 16.1 Å². The van der Waals surface area contributed by atoms with Gasteiger partial charge in [0.2, 0.25) is 5.91 Å². The van der Waals surface area contributed by atoms with Gasteiger partial charge in [0, 0.05) is 22.6 Å². The summed E-state index contributed by atoms with van der Waals surface area (Å²) in [4.78, 5) is 27.7. The maximum absolute atomic E-state index is 13.2. The third-order valence-electron chi connectivity index (χ3n) is 5.86. The topological polar surface area (TPSA) is 58.6 Å². The van der Waals surface area contributed by atoms with Crippen LogP contribution in [0.2, 0.25) is 10.0 Å². The highest BCUT2D eigenvalue weighted by Crippen LogP contribution is 2.24. The van der Waals surface area contributed by atoms with E-state index in [-0.39, 0.29) is 31.0 Å². The van der Waals surface area contributed by atoms with Crippen molar-refractivity contribution < 1.29 is 14.3 Å². The molecule has 0 aliphatic heterocycles. The van der Waals surface area contributed by atoms with Gasteiger partial charge in [-0.25, -0.2) is 0 Å². The fraction of sp³-hybridized carbons (Fsp3) is 0.440. The van der Waals surface area contributed by atoms with Gasteiger partial charge in [-0.1, -0.05) is 66.2 Å². The lowest BCUT2D eigenvalue weighted by Crippen LogP contribution is -2.51. The van der Waals surface area contributed by atoms with Crippen molar-refractivity contribution in [2.24, 2.45) is 0 Å². The zero-order valence-electron chi connectivity index (χ0n) is 18.6. The van der Waals surface area contributed by atoms with Gasteiger partial charge in [0.1, 0.15) is 11.8 Å². The van der Waals surface area contributed by atoms with E-state index in [1.807, 2.05) is 31.2 Å². The average Bonchev–Trinajstić information content (AvgIpc) is 2.78. The molecule has 1 saturated carbocycles. The molecular weight excluding hydrogens is 447 g/mol. The van der Waals surface area contributed by atoms with Crippen LogP contribution in [0.5, 0.6) is 5.75 Å². The minimum absolute atomic E-state index is 0.161. The Morgan fingerprint density at radius 3 is 2.44 bits per heavy atom. The van der Waals surface area contributed by atoms with E-state index >= 15 is 0 Å². The minimum Gasteiger partial charge on any atom is -0.484 e. The van der Waals surface area contributed by atoms with Crippen LogP contribution in [0.3, 0.4) is 0 Å². The lowest BCUT2D eigenvalue weighted by molar-refractivity contribution is -0.142. The smallest absolute Gasteiger partial charge is 0.261 e. The summed E-state index contributed by atoms with van der Waals surface area (Å²) in [5.74, 6) is 0.154. The highest BCUT2D eigenvalue weighted by Gasteiger charge is 2.29. The number of nitrogens with one attached hydrogen (secondary N) is 1. The second-order valence-electron chi connectivity index (χ2n) is 8.38. The number of hydrogen-bond donors (Lipinski definition) is 1. The number of hydrogen-bond acceptors (Lipinski definition) is 3. The first kappa shape index (κ1) is 24.4. The molecule has 0 bridgehead atoms. The summed E-state index contributed by atoms with van der Waals surface area (Å²) in [7, 11) is 0. The Morgan fingerprint density at radius 2 is 1.78 bits per heavy atom. The molecule has 1 N–H and O–H groups in total. The van der Waals surface area contributed by atoms with Crippen LogP contribution in [0, 0.1) is 6.92 Å². The quantitative estimate of drug-likeness (QED) is 0.543. The Morgan fingerprint density at radius 1 is 1.09 bits per heavy atom. The van der Waals surface area contributed by atoms with Gasteiger partial charge < -0.3 is 15.0 Å². The summed E-state index contributed by atoms with van der Waals surface area (Å²) >= 11 is 12.4. The third-order valence-corrected chi connectivity index (χ3v) is 6.44. The van der Waals surface area contributed by atoms with Crippen LogP contribution in [0.4, 0.5) is 0 Å². The number of aryl methyl sites for hydroxylation is 1. The number of nitrogens with zero attached hydrogens (tertiary/aromatic N) is 1. The maximum Gasteiger partial charge on any atom is 0.261 e. The number of carbonyl (C=O) groups is 2. The van der Waals surface area contributed by atoms with E-state index in [9.17, 15) is 9.59 Å². The first-order valence-corrected chi connectivity index (χ1v) is 11.8. The van der Waals surface area contributed by atoms with E-state index in [1.54, 1.807) is 25.1 Å². The average molecular weight is 477 g/mol. The molecular formula is C25H30Cl2N2O3. The Kier molecular flexibility index (Phi) is 8.83. The molecule has 2 amide bonds. The second-order valence-corrected chi connectivity index (χ2v) is 9.22. The molecule has 0 unspecified atom stereocenters. The van der Waals surface area contributed by atoms with Crippen LogP contribution in [-0.4, -0.2) is 35.4 Å². The molecule has 7 heteroatoms. The van der Waals surface area contributed by atoms with E-state index < -0.39 is 6.04 Å². The number of carbonyl (C=O) groups excluding carboxylic acids is 2. The van der Waals surface area contributed by atoms with Crippen LogP contribution >= 0.6 is 23.2 Å². The second kappa shape index (κ2) is 11.6. The Hall–Kier alpha value is -2.24. The van der Waals surface area contributed by atoms with Crippen molar-refractivity contribution >= 4 is 35.0 Å². The lowest BCUT2D eigenvalue weighted by Gasteiger charge is -2.31. The highest BCUT2D eigenvalue weighted by molar-refractivity contribution is 6.35. The van der Waals surface area contributed by atoms with Crippen molar-refractivity contribution in [3.05, 3.63) is 63.6 Å². The van der Waals surface area contributed by atoms with Gasteiger partial charge in [-0.05, 0) is 56.5 Å². The summed E-state index contributed by atoms with van der Waals surface area (Å²) in [6.45, 7) is 3.74. The van der Waals surface area contributed by atoms with Gasteiger partial charge in [0.15, 0.2) is 6.61 Å². The summed E-state index contributed by atoms with van der Waals surface area (Å²) in [5, 5.41) is 4.09. The van der Waals surface area contributed by atoms with Crippen LogP contribution in [0.25, 0.3) is 0 Å². The molecule has 0 aromatic heterocycles. The molecule has 1 aliphatic rings. The molecule has 5 nitrogen and oxygen atoms in total. The molecule has 32 heavy (non-hydrogen) atoms. The van der Waals surface area contributed by atoms with Gasteiger partial charge in [0.05, 0.1) is 0 Å². The fourth-order valence-corrected chi connectivity index (χ4v) is 4.32. The molecule has 0 radical (unpaired) electrons. The summed E-state index contributed by atoms with van der Waals surface area (Å²) in [5.41, 5.74) is 1.83. The van der Waals surface area contributed by atoms with E-state index in [2.05, 4.69) is 5.32 Å². The molecule has 1 fully saturated rings. The number of amides is 2. The molecule has 172 valence electrons. The summed E-state index contributed by atoms with van der Waals surface area (Å²) in [6, 6.07) is 12.1. The molecule has 2 aromatic carbocycles. The zero-order valence-corrected chi connectivity index (χ0v) is 20.1. The fourth-order valence-electron chi connectivity index (χ4n) is 3.85. The largest absolute Gasteiger partial charge is 0.484 e. The summed E-state index contributed by atoms with van der Waals surface area (Å²) < 4.78 is 5.69. The molecule has 3 rings (SSSR count). The van der Waals surface area contributed by atoms with E-state index in [1.165, 1.54) is 11.3 Å². The van der Waals surface area contributed by atoms with Gasteiger partial charge in [0.25, 0.3) is 5.91 Å². The Bertz CT molecular complexity index is 927. The van der Waals surface area contributed by atoms with Gasteiger partial charge in [-0.3, -0.25) is 9.59 Å². The monoisotopic (exact) mass is 476 g/mol. The standard InChI is InChI=1S/C25H30Cl2N2O3/c1-17-8-12-22(13-9-17)32-16-24(30)29(15-19-10-11-20(26)14-23(19)27)18(2)25(31)28-21-6-4-3-5-7-21/h8-14,18,21H,3-7,15-16H2,1-2H3,(H,28,31)/t18-/m0/s1. The first-order valence-electron chi connectivity index (χ1n) is 11.1. The van der Waals surface area contributed by atoms with Crippen molar-refractivity contribution in [2.75, 3.05) is 6.61 Å². The van der Waals surface area contributed by atoms with E-state index in [0.29, 0.717) is 15.8 Å². The Labute approximate surface area is 200 Å². The number of ether oxygens (including phenoxy) is 1. The molecule has 0 saturated heterocycles. The zero-order chi connectivity index (χ0) is 23.1. The minimum atomic E-state index is -0.669. The number of rotatable bonds is 8. The molecule has 2 aromatic rings. The van der Waals surface area contributed by atoms with Crippen LogP contribution < -0.4 is 10.1 Å². The van der Waals surface area contributed by atoms with Crippen molar-refractivity contribution in [2.45, 2.75) is 64.6 Å². The van der Waals surface area contributed by atoms with E-state index in [4.69, 9.17) is 27.9 Å². The predicted molar refractivity (Wildman–Crippen MR) is 128 cm³/mol. The van der Waals surface area contributed by atoms with Crippen LogP contribution in [0.1, 0.15) is 50.2 Å². The van der Waals surface area contributed by atoms with Crippen molar-refractivity contribution in [1.82, 2.24) is 10.2 Å².